The Morgan fingerprint density at radius 1 is 1.00 bits per heavy atom. The molecule has 4 aromatic rings. The zero-order valence-electron chi connectivity index (χ0n) is 21.5. The number of nitrogens with two attached hydrogens (primary N) is 2. The summed E-state index contributed by atoms with van der Waals surface area (Å²) in [6.45, 7) is 2.93. The quantitative estimate of drug-likeness (QED) is 0.0811. The van der Waals surface area contributed by atoms with E-state index in [1.54, 1.807) is 0 Å². The molecule has 0 saturated carbocycles. The van der Waals surface area contributed by atoms with Crippen molar-refractivity contribution in [3.63, 3.8) is 0 Å². The van der Waals surface area contributed by atoms with Gasteiger partial charge in [0, 0.05) is 33.9 Å². The number of carbonyl (C=O) groups is 3. The Labute approximate surface area is 220 Å². The predicted molar refractivity (Wildman–Crippen MR) is 146 cm³/mol. The maximum atomic E-state index is 10.9. The number of hydrogen-bond donors (Lipinski definition) is 3. The first-order valence-electron chi connectivity index (χ1n) is 11.8. The van der Waals surface area contributed by atoms with Crippen LogP contribution in [0, 0.1) is 6.92 Å². The summed E-state index contributed by atoms with van der Waals surface area (Å²) >= 11 is 0. The third kappa shape index (κ3) is 6.47. The minimum atomic E-state index is -0.977. The van der Waals surface area contributed by atoms with Gasteiger partial charge in [0.05, 0.1) is 20.6 Å². The van der Waals surface area contributed by atoms with Crippen molar-refractivity contribution in [2.75, 3.05) is 14.2 Å². The summed E-state index contributed by atoms with van der Waals surface area (Å²) in [7, 11) is 2.36. The van der Waals surface area contributed by atoms with Crippen LogP contribution in [0.4, 0.5) is 0 Å². The SMILES string of the molecule is COC(=O)C[C@H](NC=O)C(=O)OC.Cc1ccc(Cn2c3ccccc3c3cc(/C(N)=N/N)ccc32)cc1. The number of amides is 1. The molecule has 0 aliphatic rings. The summed E-state index contributed by atoms with van der Waals surface area (Å²) in [5, 5.41) is 8.12. The van der Waals surface area contributed by atoms with Gasteiger partial charge >= 0.3 is 11.9 Å². The number of fused-ring (bicyclic) bond motifs is 3. The monoisotopic (exact) mass is 517 g/mol. The largest absolute Gasteiger partial charge is 0.469 e. The smallest absolute Gasteiger partial charge is 0.328 e. The second-order valence-corrected chi connectivity index (χ2v) is 8.48. The number of methoxy groups -OCH3 is 2. The Hall–Kier alpha value is -4.86. The molecule has 198 valence electrons. The number of nitrogens with zero attached hydrogens (tertiary/aromatic N) is 2. The summed E-state index contributed by atoms with van der Waals surface area (Å²) in [5.74, 6) is 4.41. The normalized spacial score (nSPS) is 11.8. The van der Waals surface area contributed by atoms with Crippen LogP contribution in [0.3, 0.4) is 0 Å². The summed E-state index contributed by atoms with van der Waals surface area (Å²) in [4.78, 5) is 31.7. The summed E-state index contributed by atoms with van der Waals surface area (Å²) in [5.41, 5.74) is 11.7. The van der Waals surface area contributed by atoms with Gasteiger partial charge in [-0.2, -0.15) is 5.10 Å². The van der Waals surface area contributed by atoms with Gasteiger partial charge in [0.15, 0.2) is 0 Å². The van der Waals surface area contributed by atoms with Crippen molar-refractivity contribution in [1.82, 2.24) is 9.88 Å². The lowest BCUT2D eigenvalue weighted by molar-refractivity contribution is -0.150. The van der Waals surface area contributed by atoms with Gasteiger partial charge in [-0.1, -0.05) is 48.0 Å². The van der Waals surface area contributed by atoms with Crippen molar-refractivity contribution in [1.29, 1.82) is 0 Å². The van der Waals surface area contributed by atoms with Gasteiger partial charge in [0.2, 0.25) is 6.41 Å². The lowest BCUT2D eigenvalue weighted by Gasteiger charge is -2.11. The molecule has 1 aromatic heterocycles. The van der Waals surface area contributed by atoms with Crippen LogP contribution in [-0.4, -0.2) is 49.0 Å². The van der Waals surface area contributed by atoms with Gasteiger partial charge in [-0.05, 0) is 36.8 Å². The first kappa shape index (κ1) is 27.7. The van der Waals surface area contributed by atoms with E-state index < -0.39 is 18.0 Å². The van der Waals surface area contributed by atoms with E-state index in [9.17, 15) is 14.4 Å². The fraction of sp³-hybridized carbons (Fsp3) is 0.214. The molecule has 0 aliphatic carbocycles. The molecule has 38 heavy (non-hydrogen) atoms. The Bertz CT molecular complexity index is 1460. The van der Waals surface area contributed by atoms with Crippen molar-refractivity contribution < 1.29 is 23.9 Å². The lowest BCUT2D eigenvalue weighted by Crippen LogP contribution is -2.38. The van der Waals surface area contributed by atoms with E-state index in [1.165, 1.54) is 41.8 Å². The standard InChI is InChI=1S/C21H20N4.C7H11NO5/c1-14-6-8-15(9-7-14)13-25-19-5-3-2-4-17(19)18-12-16(21(22)24-23)10-11-20(18)25;1-12-6(10)3-5(8-4-9)7(11)13-2/h2-12H,13,23H2,1H3,(H2,22,24);4-5H,3H2,1-2H3,(H,8,9)/t;5-/m.0/s1. The molecule has 3 aromatic carbocycles. The summed E-state index contributed by atoms with van der Waals surface area (Å²) in [6.07, 6.45) is 0.0897. The maximum absolute atomic E-state index is 10.9. The second-order valence-electron chi connectivity index (χ2n) is 8.48. The fourth-order valence-electron chi connectivity index (χ4n) is 4.02. The molecule has 0 radical (unpaired) electrons. The van der Waals surface area contributed by atoms with Crippen molar-refractivity contribution in [3.05, 3.63) is 83.4 Å². The van der Waals surface area contributed by atoms with Gasteiger partial charge in [0.1, 0.15) is 11.9 Å². The highest BCUT2D eigenvalue weighted by Gasteiger charge is 2.22. The Morgan fingerprint density at radius 3 is 2.32 bits per heavy atom. The van der Waals surface area contributed by atoms with Gasteiger partial charge in [0.25, 0.3) is 0 Å². The number of aromatic nitrogens is 1. The maximum Gasteiger partial charge on any atom is 0.328 e. The van der Waals surface area contributed by atoms with E-state index in [-0.39, 0.29) is 6.42 Å². The van der Waals surface area contributed by atoms with E-state index in [1.807, 2.05) is 6.07 Å². The molecule has 1 atom stereocenters. The third-order valence-electron chi connectivity index (χ3n) is 6.02. The molecule has 0 bridgehead atoms. The van der Waals surface area contributed by atoms with Crippen LogP contribution in [0.5, 0.6) is 0 Å². The Kier molecular flexibility index (Phi) is 9.42. The number of benzene rings is 3. The number of rotatable bonds is 8. The number of hydrogen-bond acceptors (Lipinski definition) is 7. The molecule has 0 spiro atoms. The molecular formula is C28H31N5O5. The highest BCUT2D eigenvalue weighted by molar-refractivity contribution is 6.11. The van der Waals surface area contributed by atoms with E-state index in [0.717, 1.165) is 17.5 Å². The number of nitrogens with one attached hydrogen (secondary N) is 1. The Morgan fingerprint density at radius 2 is 1.68 bits per heavy atom. The number of para-hydroxylation sites is 1. The van der Waals surface area contributed by atoms with Crippen LogP contribution in [0.2, 0.25) is 0 Å². The fourth-order valence-corrected chi connectivity index (χ4v) is 4.02. The molecule has 5 N–H and O–H groups in total. The molecule has 10 heteroatoms. The number of hydrazone groups is 1. The van der Waals surface area contributed by atoms with E-state index in [4.69, 9.17) is 11.6 Å². The highest BCUT2D eigenvalue weighted by atomic mass is 16.5. The number of esters is 2. The number of carbonyl (C=O) groups excluding carboxylic acids is 3. The highest BCUT2D eigenvalue weighted by Crippen LogP contribution is 2.30. The molecule has 0 aliphatic heterocycles. The van der Waals surface area contributed by atoms with Crippen LogP contribution in [0.15, 0.2) is 71.8 Å². The topological polar surface area (TPSA) is 151 Å². The second kappa shape index (κ2) is 12.9. The van der Waals surface area contributed by atoms with Crippen LogP contribution in [-0.2, 0) is 30.4 Å². The predicted octanol–water partition coefficient (Wildman–Crippen LogP) is 2.57. The number of ether oxygens (including phenoxy) is 2. The third-order valence-corrected chi connectivity index (χ3v) is 6.02. The van der Waals surface area contributed by atoms with Crippen LogP contribution >= 0.6 is 0 Å². The molecular weight excluding hydrogens is 486 g/mol. The Balaban J connectivity index is 0.000000263. The summed E-state index contributed by atoms with van der Waals surface area (Å²) in [6, 6.07) is 22.3. The molecule has 0 saturated heterocycles. The first-order chi connectivity index (χ1) is 18.3. The number of aryl methyl sites for hydroxylation is 1. The first-order valence-corrected chi connectivity index (χ1v) is 11.8. The molecule has 0 fully saturated rings. The molecule has 4 rings (SSSR count). The van der Waals surface area contributed by atoms with Crippen molar-refractivity contribution in [3.8, 4) is 0 Å². The van der Waals surface area contributed by atoms with Gasteiger partial charge in [-0.15, -0.1) is 0 Å². The van der Waals surface area contributed by atoms with Gasteiger partial charge < -0.3 is 30.9 Å². The molecule has 0 unspecified atom stereocenters. The van der Waals surface area contributed by atoms with E-state index in [2.05, 4.69) is 92.0 Å². The van der Waals surface area contributed by atoms with Gasteiger partial charge in [-0.3, -0.25) is 9.59 Å². The molecule has 10 nitrogen and oxygen atoms in total. The number of amidine groups is 1. The van der Waals surface area contributed by atoms with Crippen LogP contribution in [0.1, 0.15) is 23.1 Å². The average molecular weight is 518 g/mol. The zero-order chi connectivity index (χ0) is 27.7. The minimum absolute atomic E-state index is 0.234. The zero-order valence-corrected chi connectivity index (χ0v) is 21.5. The minimum Gasteiger partial charge on any atom is -0.469 e. The lowest BCUT2D eigenvalue weighted by atomic mass is 10.1. The van der Waals surface area contributed by atoms with Crippen molar-refractivity contribution >= 4 is 46.0 Å². The van der Waals surface area contributed by atoms with Crippen molar-refractivity contribution in [2.24, 2.45) is 16.7 Å². The molecule has 1 heterocycles. The summed E-state index contributed by atoms with van der Waals surface area (Å²) < 4.78 is 11.0. The molecule has 1 amide bonds. The average Bonchev–Trinajstić information content (AvgIpc) is 3.26. The van der Waals surface area contributed by atoms with E-state index >= 15 is 0 Å². The van der Waals surface area contributed by atoms with Crippen molar-refractivity contribution in [2.45, 2.75) is 25.9 Å². The van der Waals surface area contributed by atoms with E-state index in [0.29, 0.717) is 12.2 Å². The van der Waals surface area contributed by atoms with Crippen LogP contribution in [0.25, 0.3) is 21.8 Å². The van der Waals surface area contributed by atoms with Crippen LogP contribution < -0.4 is 16.9 Å². The van der Waals surface area contributed by atoms with Gasteiger partial charge in [-0.25, -0.2) is 4.79 Å².